The molecule has 0 heterocycles. The molecule has 6 nitrogen and oxygen atoms in total. The van der Waals surface area contributed by atoms with Crippen LogP contribution in [0.4, 0.5) is 5.69 Å². The summed E-state index contributed by atoms with van der Waals surface area (Å²) in [5.41, 5.74) is 1.16. The Bertz CT molecular complexity index is 712. The van der Waals surface area contributed by atoms with Gasteiger partial charge in [0, 0.05) is 18.6 Å². The largest absolute Gasteiger partial charge is 0.493 e. The Kier molecular flexibility index (Phi) is 6.83. The Morgan fingerprint density at radius 1 is 1.08 bits per heavy atom. The van der Waals surface area contributed by atoms with Crippen molar-refractivity contribution in [3.8, 4) is 17.2 Å². The second-order valence-corrected chi connectivity index (χ2v) is 5.28. The lowest BCUT2D eigenvalue weighted by Crippen LogP contribution is -2.06. The monoisotopic (exact) mass is 343 g/mol. The molecule has 0 aliphatic rings. The Balaban J connectivity index is 1.77. The van der Waals surface area contributed by atoms with E-state index < -0.39 is 4.92 Å². The number of methoxy groups -OCH3 is 1. The van der Waals surface area contributed by atoms with Gasteiger partial charge in [-0.1, -0.05) is 12.1 Å². The Morgan fingerprint density at radius 2 is 1.80 bits per heavy atom. The molecule has 2 aromatic rings. The zero-order valence-corrected chi connectivity index (χ0v) is 14.1. The highest BCUT2D eigenvalue weighted by molar-refractivity contribution is 5.43. The van der Waals surface area contributed by atoms with Gasteiger partial charge in [-0.25, -0.2) is 0 Å². The Hall–Kier alpha value is -3.02. The highest BCUT2D eigenvalue weighted by Gasteiger charge is 2.06. The van der Waals surface area contributed by atoms with Crippen LogP contribution in [0, 0.1) is 10.1 Å². The van der Waals surface area contributed by atoms with Gasteiger partial charge < -0.3 is 14.2 Å². The molecule has 0 aliphatic heterocycles. The smallest absolute Gasteiger partial charge is 0.269 e. The number of non-ortho nitro benzene ring substituents is 1. The van der Waals surface area contributed by atoms with Crippen molar-refractivity contribution in [1.29, 1.82) is 0 Å². The number of hydrogen-bond donors (Lipinski definition) is 0. The van der Waals surface area contributed by atoms with Crippen molar-refractivity contribution in [1.82, 2.24) is 0 Å². The lowest BCUT2D eigenvalue weighted by atomic mass is 10.1. The van der Waals surface area contributed by atoms with Crippen LogP contribution in [0.2, 0.25) is 0 Å². The van der Waals surface area contributed by atoms with Gasteiger partial charge in [-0.05, 0) is 36.2 Å². The number of benzene rings is 2. The molecule has 132 valence electrons. The van der Waals surface area contributed by atoms with Crippen LogP contribution in [0.1, 0.15) is 12.0 Å². The molecule has 0 aromatic heterocycles. The van der Waals surface area contributed by atoms with Crippen LogP contribution in [0.3, 0.4) is 0 Å². The summed E-state index contributed by atoms with van der Waals surface area (Å²) in [5, 5.41) is 10.6. The van der Waals surface area contributed by atoms with Gasteiger partial charge in [0.15, 0.2) is 11.5 Å². The van der Waals surface area contributed by atoms with Gasteiger partial charge in [-0.2, -0.15) is 0 Å². The van der Waals surface area contributed by atoms with E-state index in [0.29, 0.717) is 36.9 Å². The minimum atomic E-state index is -0.439. The summed E-state index contributed by atoms with van der Waals surface area (Å²) in [6.45, 7) is 4.65. The molecule has 0 fully saturated rings. The maximum absolute atomic E-state index is 10.6. The molecule has 0 bridgehead atoms. The van der Waals surface area contributed by atoms with Gasteiger partial charge in [0.25, 0.3) is 5.69 Å². The molecule has 25 heavy (non-hydrogen) atoms. The first-order chi connectivity index (χ1) is 12.1. The van der Waals surface area contributed by atoms with Crippen LogP contribution in [-0.2, 0) is 6.42 Å². The van der Waals surface area contributed by atoms with Crippen molar-refractivity contribution in [3.05, 3.63) is 70.8 Å². The average molecular weight is 343 g/mol. The van der Waals surface area contributed by atoms with E-state index in [1.54, 1.807) is 19.2 Å². The van der Waals surface area contributed by atoms with Crippen molar-refractivity contribution in [2.24, 2.45) is 0 Å². The van der Waals surface area contributed by atoms with Crippen molar-refractivity contribution >= 4 is 5.69 Å². The fourth-order valence-electron chi connectivity index (χ4n) is 2.22. The molecule has 0 unspecified atom stereocenters. The molecule has 0 saturated heterocycles. The highest BCUT2D eigenvalue weighted by atomic mass is 16.6. The van der Waals surface area contributed by atoms with Crippen LogP contribution >= 0.6 is 0 Å². The SMILES string of the molecule is C=CCc1ccc(OCCCOc2ccc([N+](=O)[O-])cc2)c(OC)c1. The highest BCUT2D eigenvalue weighted by Crippen LogP contribution is 2.28. The van der Waals surface area contributed by atoms with Crippen LogP contribution < -0.4 is 14.2 Å². The van der Waals surface area contributed by atoms with Crippen molar-refractivity contribution < 1.29 is 19.1 Å². The molecular formula is C19H21NO5. The van der Waals surface area contributed by atoms with E-state index >= 15 is 0 Å². The molecule has 0 saturated carbocycles. The zero-order chi connectivity index (χ0) is 18.1. The predicted octanol–water partition coefficient (Wildman–Crippen LogP) is 4.18. The van der Waals surface area contributed by atoms with Gasteiger partial charge in [-0.15, -0.1) is 6.58 Å². The average Bonchev–Trinajstić information content (AvgIpc) is 2.63. The number of nitro groups is 1. The molecule has 0 radical (unpaired) electrons. The number of nitro benzene ring substituents is 1. The minimum absolute atomic E-state index is 0.0441. The molecular weight excluding hydrogens is 322 g/mol. The fraction of sp³-hybridized carbons (Fsp3) is 0.263. The predicted molar refractivity (Wildman–Crippen MR) is 95.6 cm³/mol. The number of ether oxygens (including phenoxy) is 3. The Labute approximate surface area is 146 Å². The molecule has 0 spiro atoms. The maximum Gasteiger partial charge on any atom is 0.269 e. The van der Waals surface area contributed by atoms with Crippen molar-refractivity contribution in [3.63, 3.8) is 0 Å². The number of rotatable bonds is 10. The van der Waals surface area contributed by atoms with Crippen molar-refractivity contribution in [2.45, 2.75) is 12.8 Å². The van der Waals surface area contributed by atoms with Crippen LogP contribution in [0.15, 0.2) is 55.1 Å². The third-order valence-corrected chi connectivity index (χ3v) is 3.47. The summed E-state index contributed by atoms with van der Waals surface area (Å²) >= 11 is 0. The summed E-state index contributed by atoms with van der Waals surface area (Å²) < 4.78 is 16.6. The number of allylic oxidation sites excluding steroid dienone is 1. The topological polar surface area (TPSA) is 70.8 Å². The van der Waals surface area contributed by atoms with E-state index in [2.05, 4.69) is 6.58 Å². The first-order valence-electron chi connectivity index (χ1n) is 7.92. The van der Waals surface area contributed by atoms with Gasteiger partial charge >= 0.3 is 0 Å². The first kappa shape index (κ1) is 18.3. The standard InChI is InChI=1S/C19H21NO5/c1-3-5-15-6-11-18(19(14-15)23-2)25-13-4-12-24-17-9-7-16(8-10-17)20(21)22/h3,6-11,14H,1,4-5,12-13H2,2H3. The van der Waals surface area contributed by atoms with Crippen LogP contribution in [0.5, 0.6) is 17.2 Å². The lowest BCUT2D eigenvalue weighted by Gasteiger charge is -2.12. The fourth-order valence-corrected chi connectivity index (χ4v) is 2.22. The first-order valence-corrected chi connectivity index (χ1v) is 7.92. The van der Waals surface area contributed by atoms with Gasteiger partial charge in [0.2, 0.25) is 0 Å². The summed E-state index contributed by atoms with van der Waals surface area (Å²) in [4.78, 5) is 10.1. The van der Waals surface area contributed by atoms with E-state index in [9.17, 15) is 10.1 Å². The molecule has 0 atom stereocenters. The lowest BCUT2D eigenvalue weighted by molar-refractivity contribution is -0.384. The maximum atomic E-state index is 10.6. The zero-order valence-electron chi connectivity index (χ0n) is 14.1. The van der Waals surface area contributed by atoms with Gasteiger partial charge in [0.1, 0.15) is 5.75 Å². The normalized spacial score (nSPS) is 10.1. The summed E-state index contributed by atoms with van der Waals surface area (Å²) in [7, 11) is 1.61. The van der Waals surface area contributed by atoms with E-state index in [-0.39, 0.29) is 5.69 Å². The molecule has 0 aliphatic carbocycles. The molecule has 6 heteroatoms. The summed E-state index contributed by atoms with van der Waals surface area (Å²) in [6.07, 6.45) is 3.29. The van der Waals surface area contributed by atoms with E-state index in [0.717, 1.165) is 12.0 Å². The van der Waals surface area contributed by atoms with E-state index in [1.165, 1.54) is 12.1 Å². The molecule has 2 rings (SSSR count). The number of nitrogens with zero attached hydrogens (tertiary/aromatic N) is 1. The van der Waals surface area contributed by atoms with Gasteiger partial charge in [-0.3, -0.25) is 10.1 Å². The quantitative estimate of drug-likeness (QED) is 0.280. The third kappa shape index (κ3) is 5.53. The Morgan fingerprint density at radius 3 is 2.44 bits per heavy atom. The summed E-state index contributed by atoms with van der Waals surface area (Å²) in [6, 6.07) is 11.8. The summed E-state index contributed by atoms with van der Waals surface area (Å²) in [5.74, 6) is 1.97. The number of hydrogen-bond acceptors (Lipinski definition) is 5. The molecule has 0 N–H and O–H groups in total. The van der Waals surface area contributed by atoms with Gasteiger partial charge in [0.05, 0.1) is 25.2 Å². The molecule has 2 aromatic carbocycles. The second kappa shape index (κ2) is 9.32. The molecule has 0 amide bonds. The van der Waals surface area contributed by atoms with E-state index in [4.69, 9.17) is 14.2 Å². The van der Waals surface area contributed by atoms with Crippen LogP contribution in [-0.4, -0.2) is 25.2 Å². The van der Waals surface area contributed by atoms with Crippen LogP contribution in [0.25, 0.3) is 0 Å². The van der Waals surface area contributed by atoms with Crippen molar-refractivity contribution in [2.75, 3.05) is 20.3 Å². The second-order valence-electron chi connectivity index (χ2n) is 5.28. The minimum Gasteiger partial charge on any atom is -0.493 e. The van der Waals surface area contributed by atoms with E-state index in [1.807, 2.05) is 24.3 Å². The third-order valence-electron chi connectivity index (χ3n) is 3.47.